The Hall–Kier alpha value is -1.95. The number of carbonyl (C=O) groups is 1. The van der Waals surface area contributed by atoms with Gasteiger partial charge in [0.1, 0.15) is 0 Å². The number of nitrogens with zero attached hydrogens (tertiary/aromatic N) is 1. The molecule has 1 heterocycles. The fourth-order valence-corrected chi connectivity index (χ4v) is 2.34. The topological polar surface area (TPSA) is 57.2 Å². The van der Waals surface area contributed by atoms with Crippen LogP contribution in [0.2, 0.25) is 0 Å². The van der Waals surface area contributed by atoms with Crippen LogP contribution < -0.4 is 14.2 Å². The van der Waals surface area contributed by atoms with Crippen LogP contribution in [0.25, 0.3) is 0 Å². The Morgan fingerprint density at radius 2 is 1.67 bits per heavy atom. The van der Waals surface area contributed by atoms with Crippen molar-refractivity contribution in [1.29, 1.82) is 0 Å². The Labute approximate surface area is 124 Å². The standard InChI is InChI=1S/C15H21NO5/c1-18-12-8-11(9-13(19-2)15(12)20-3)10-14(17)16-4-6-21-7-5-16/h8-9H,4-7,10H2,1-3H3. The van der Waals surface area contributed by atoms with Crippen molar-refractivity contribution in [3.63, 3.8) is 0 Å². The summed E-state index contributed by atoms with van der Waals surface area (Å²) < 4.78 is 21.1. The van der Waals surface area contributed by atoms with Gasteiger partial charge >= 0.3 is 0 Å². The number of carbonyl (C=O) groups excluding carboxylic acids is 1. The van der Waals surface area contributed by atoms with Crippen LogP contribution in [0.3, 0.4) is 0 Å². The number of benzene rings is 1. The lowest BCUT2D eigenvalue weighted by Crippen LogP contribution is -2.41. The van der Waals surface area contributed by atoms with E-state index in [1.165, 1.54) is 0 Å². The molecule has 0 atom stereocenters. The molecule has 2 rings (SSSR count). The van der Waals surface area contributed by atoms with Crippen molar-refractivity contribution in [3.8, 4) is 17.2 Å². The summed E-state index contributed by atoms with van der Waals surface area (Å²) in [5.74, 6) is 1.72. The van der Waals surface area contributed by atoms with Crippen LogP contribution in [0.15, 0.2) is 12.1 Å². The summed E-state index contributed by atoms with van der Waals surface area (Å²) in [7, 11) is 4.68. The maximum Gasteiger partial charge on any atom is 0.227 e. The molecule has 116 valence electrons. The van der Waals surface area contributed by atoms with E-state index in [9.17, 15) is 4.79 Å². The highest BCUT2D eigenvalue weighted by Crippen LogP contribution is 2.38. The van der Waals surface area contributed by atoms with Gasteiger partial charge in [0, 0.05) is 13.1 Å². The maximum absolute atomic E-state index is 12.3. The second-order valence-electron chi connectivity index (χ2n) is 4.70. The van der Waals surface area contributed by atoms with Crippen LogP contribution >= 0.6 is 0 Å². The quantitative estimate of drug-likeness (QED) is 0.814. The maximum atomic E-state index is 12.3. The first-order chi connectivity index (χ1) is 10.2. The lowest BCUT2D eigenvalue weighted by molar-refractivity contribution is -0.134. The molecule has 1 aliphatic rings. The average molecular weight is 295 g/mol. The van der Waals surface area contributed by atoms with Crippen molar-refractivity contribution in [2.75, 3.05) is 47.6 Å². The molecule has 1 amide bonds. The highest BCUT2D eigenvalue weighted by atomic mass is 16.5. The Morgan fingerprint density at radius 3 is 2.14 bits per heavy atom. The largest absolute Gasteiger partial charge is 0.493 e. The third-order valence-corrected chi connectivity index (χ3v) is 3.44. The van der Waals surface area contributed by atoms with Gasteiger partial charge in [0.15, 0.2) is 11.5 Å². The average Bonchev–Trinajstić information content (AvgIpc) is 2.54. The fraction of sp³-hybridized carbons (Fsp3) is 0.533. The zero-order valence-electron chi connectivity index (χ0n) is 12.7. The number of rotatable bonds is 5. The number of hydrogen-bond acceptors (Lipinski definition) is 5. The predicted octanol–water partition coefficient (Wildman–Crippen LogP) is 1.11. The molecular weight excluding hydrogens is 274 g/mol. The highest BCUT2D eigenvalue weighted by molar-refractivity contribution is 5.79. The molecule has 0 N–H and O–H groups in total. The van der Waals surface area contributed by atoms with Gasteiger partial charge in [0.05, 0.1) is 41.0 Å². The van der Waals surface area contributed by atoms with E-state index < -0.39 is 0 Å². The molecule has 21 heavy (non-hydrogen) atoms. The normalized spacial score (nSPS) is 14.7. The van der Waals surface area contributed by atoms with E-state index in [0.717, 1.165) is 5.56 Å². The molecule has 1 fully saturated rings. The molecule has 0 radical (unpaired) electrons. The molecule has 0 saturated carbocycles. The van der Waals surface area contributed by atoms with Crippen LogP contribution in [-0.2, 0) is 16.0 Å². The van der Waals surface area contributed by atoms with Crippen molar-refractivity contribution < 1.29 is 23.7 Å². The van der Waals surface area contributed by atoms with E-state index in [0.29, 0.717) is 50.0 Å². The van der Waals surface area contributed by atoms with Gasteiger partial charge in [-0.3, -0.25) is 4.79 Å². The first-order valence-electron chi connectivity index (χ1n) is 6.84. The first-order valence-corrected chi connectivity index (χ1v) is 6.84. The SMILES string of the molecule is COc1cc(CC(=O)N2CCOCC2)cc(OC)c1OC. The van der Waals surface area contributed by atoms with Gasteiger partial charge in [-0.15, -0.1) is 0 Å². The Bertz CT molecular complexity index is 472. The zero-order chi connectivity index (χ0) is 15.2. The van der Waals surface area contributed by atoms with Gasteiger partial charge in [0.25, 0.3) is 0 Å². The van der Waals surface area contributed by atoms with Gasteiger partial charge in [-0.05, 0) is 17.7 Å². The zero-order valence-corrected chi connectivity index (χ0v) is 12.7. The van der Waals surface area contributed by atoms with E-state index in [-0.39, 0.29) is 5.91 Å². The number of amides is 1. The van der Waals surface area contributed by atoms with Gasteiger partial charge in [0.2, 0.25) is 11.7 Å². The van der Waals surface area contributed by atoms with Crippen molar-refractivity contribution >= 4 is 5.91 Å². The molecular formula is C15H21NO5. The van der Waals surface area contributed by atoms with Crippen molar-refractivity contribution in [3.05, 3.63) is 17.7 Å². The summed E-state index contributed by atoms with van der Waals surface area (Å²) in [5.41, 5.74) is 0.834. The number of methoxy groups -OCH3 is 3. The summed E-state index contributed by atoms with van der Waals surface area (Å²) in [6.45, 7) is 2.48. The minimum atomic E-state index is 0.0765. The third-order valence-electron chi connectivity index (χ3n) is 3.44. The second kappa shape index (κ2) is 7.17. The Morgan fingerprint density at radius 1 is 1.10 bits per heavy atom. The first kappa shape index (κ1) is 15.4. The van der Waals surface area contributed by atoms with Gasteiger partial charge in [-0.25, -0.2) is 0 Å². The summed E-state index contributed by atoms with van der Waals surface area (Å²) in [6, 6.07) is 3.61. The minimum absolute atomic E-state index is 0.0765. The van der Waals surface area contributed by atoms with Gasteiger partial charge in [-0.2, -0.15) is 0 Å². The van der Waals surface area contributed by atoms with Crippen LogP contribution in [0.4, 0.5) is 0 Å². The molecule has 1 aliphatic heterocycles. The van der Waals surface area contributed by atoms with Gasteiger partial charge in [-0.1, -0.05) is 0 Å². The molecule has 0 spiro atoms. The Kier molecular flexibility index (Phi) is 5.27. The fourth-order valence-electron chi connectivity index (χ4n) is 2.34. The summed E-state index contributed by atoms with van der Waals surface area (Å²) in [6.07, 6.45) is 0.302. The van der Waals surface area contributed by atoms with Gasteiger partial charge < -0.3 is 23.8 Å². The Balaban J connectivity index is 2.17. The van der Waals surface area contributed by atoms with E-state index in [2.05, 4.69) is 0 Å². The van der Waals surface area contributed by atoms with E-state index in [1.54, 1.807) is 33.5 Å². The number of hydrogen-bond donors (Lipinski definition) is 0. The van der Waals surface area contributed by atoms with Crippen LogP contribution in [0.5, 0.6) is 17.2 Å². The molecule has 0 aliphatic carbocycles. The van der Waals surface area contributed by atoms with Crippen molar-refractivity contribution in [1.82, 2.24) is 4.90 Å². The number of ether oxygens (including phenoxy) is 4. The molecule has 1 aromatic rings. The third kappa shape index (κ3) is 3.58. The van der Waals surface area contributed by atoms with E-state index in [4.69, 9.17) is 18.9 Å². The lowest BCUT2D eigenvalue weighted by Gasteiger charge is -2.27. The second-order valence-corrected chi connectivity index (χ2v) is 4.70. The highest BCUT2D eigenvalue weighted by Gasteiger charge is 2.19. The number of morpholine rings is 1. The van der Waals surface area contributed by atoms with Crippen LogP contribution in [0.1, 0.15) is 5.56 Å². The minimum Gasteiger partial charge on any atom is -0.493 e. The van der Waals surface area contributed by atoms with Crippen molar-refractivity contribution in [2.24, 2.45) is 0 Å². The molecule has 0 bridgehead atoms. The summed E-state index contributed by atoms with van der Waals surface area (Å²) >= 11 is 0. The smallest absolute Gasteiger partial charge is 0.227 e. The van der Waals surface area contributed by atoms with Crippen molar-refractivity contribution in [2.45, 2.75) is 6.42 Å². The summed E-state index contributed by atoms with van der Waals surface area (Å²) in [5, 5.41) is 0. The molecule has 1 saturated heterocycles. The lowest BCUT2D eigenvalue weighted by atomic mass is 10.1. The molecule has 1 aromatic carbocycles. The molecule has 6 nitrogen and oxygen atoms in total. The monoisotopic (exact) mass is 295 g/mol. The van der Waals surface area contributed by atoms with Crippen LogP contribution in [0, 0.1) is 0 Å². The molecule has 0 unspecified atom stereocenters. The van der Waals surface area contributed by atoms with E-state index >= 15 is 0 Å². The predicted molar refractivity (Wildman–Crippen MR) is 77.2 cm³/mol. The molecule has 6 heteroatoms. The van der Waals surface area contributed by atoms with E-state index in [1.807, 2.05) is 4.90 Å². The molecule has 0 aromatic heterocycles. The van der Waals surface area contributed by atoms with Crippen LogP contribution in [-0.4, -0.2) is 58.4 Å². The summed E-state index contributed by atoms with van der Waals surface area (Å²) in [4.78, 5) is 14.1.